The molecule has 156 valence electrons. The van der Waals surface area contributed by atoms with E-state index in [-0.39, 0.29) is 10.8 Å². The number of amides is 1. The molecule has 8 heteroatoms. The Labute approximate surface area is 176 Å². The Bertz CT molecular complexity index is 929. The molecule has 1 aromatic heterocycles. The van der Waals surface area contributed by atoms with Gasteiger partial charge in [-0.15, -0.1) is 11.3 Å². The fourth-order valence-electron chi connectivity index (χ4n) is 4.00. The number of hydrogen-bond acceptors (Lipinski definition) is 5. The molecule has 0 atom stereocenters. The van der Waals surface area contributed by atoms with Crippen molar-refractivity contribution < 1.29 is 13.2 Å². The number of nitrogens with zero attached hydrogens (tertiary/aromatic N) is 3. The topological polar surface area (TPSA) is 60.9 Å². The van der Waals surface area contributed by atoms with Crippen molar-refractivity contribution in [3.8, 4) is 0 Å². The van der Waals surface area contributed by atoms with Crippen LogP contribution in [0.2, 0.25) is 0 Å². The van der Waals surface area contributed by atoms with Crippen LogP contribution in [-0.2, 0) is 16.6 Å². The fraction of sp³-hybridized carbons (Fsp3) is 0.476. The van der Waals surface area contributed by atoms with Crippen LogP contribution < -0.4 is 0 Å². The molecular weight excluding hydrogens is 406 g/mol. The van der Waals surface area contributed by atoms with E-state index in [1.165, 1.54) is 21.2 Å². The summed E-state index contributed by atoms with van der Waals surface area (Å²) in [4.78, 5) is 17.8. The Morgan fingerprint density at radius 1 is 0.897 bits per heavy atom. The van der Waals surface area contributed by atoms with Crippen LogP contribution >= 0.6 is 11.3 Å². The standard InChI is InChI=1S/C21H27N3O3S2/c25-21(23-14-12-22(13-15-23)17-18-7-3-1-4-8-18)20-19(9-16-28-20)29(26,27)24-10-5-2-6-11-24/h1,3-4,7-9,16H,2,5-6,10-15,17H2. The van der Waals surface area contributed by atoms with E-state index >= 15 is 0 Å². The lowest BCUT2D eigenvalue weighted by Gasteiger charge is -2.35. The van der Waals surface area contributed by atoms with Gasteiger partial charge in [0.1, 0.15) is 9.77 Å². The second-order valence-corrected chi connectivity index (χ2v) is 10.5. The molecule has 6 nitrogen and oxygen atoms in total. The zero-order valence-electron chi connectivity index (χ0n) is 16.5. The van der Waals surface area contributed by atoms with Gasteiger partial charge in [0, 0.05) is 45.8 Å². The van der Waals surface area contributed by atoms with E-state index in [1.54, 1.807) is 16.3 Å². The largest absolute Gasteiger partial charge is 0.335 e. The minimum absolute atomic E-state index is 0.157. The number of carbonyl (C=O) groups is 1. The molecule has 0 N–H and O–H groups in total. The average Bonchev–Trinajstić information content (AvgIpc) is 3.26. The molecule has 2 saturated heterocycles. The molecule has 0 aliphatic carbocycles. The third-order valence-electron chi connectivity index (χ3n) is 5.66. The summed E-state index contributed by atoms with van der Waals surface area (Å²) in [6.45, 7) is 4.78. The van der Waals surface area contributed by atoms with Gasteiger partial charge in [0.2, 0.25) is 10.0 Å². The normalized spacial score (nSPS) is 19.4. The van der Waals surface area contributed by atoms with Gasteiger partial charge in [-0.3, -0.25) is 9.69 Å². The number of piperazine rings is 1. The van der Waals surface area contributed by atoms with Crippen LogP contribution in [-0.4, -0.2) is 67.7 Å². The van der Waals surface area contributed by atoms with Crippen molar-refractivity contribution >= 4 is 27.3 Å². The van der Waals surface area contributed by atoms with Crippen molar-refractivity contribution in [3.63, 3.8) is 0 Å². The molecule has 0 radical (unpaired) electrons. The fourth-order valence-corrected chi connectivity index (χ4v) is 6.87. The van der Waals surface area contributed by atoms with Crippen molar-refractivity contribution in [1.82, 2.24) is 14.1 Å². The summed E-state index contributed by atoms with van der Waals surface area (Å²) in [7, 11) is -3.60. The summed E-state index contributed by atoms with van der Waals surface area (Å²) in [5.41, 5.74) is 1.26. The van der Waals surface area contributed by atoms with E-state index in [1.807, 2.05) is 18.2 Å². The van der Waals surface area contributed by atoms with Gasteiger partial charge in [0.15, 0.2) is 0 Å². The van der Waals surface area contributed by atoms with Crippen LogP contribution in [0, 0.1) is 0 Å². The SMILES string of the molecule is O=C(c1sccc1S(=O)(=O)N1CCCCC1)N1CCN(Cc2ccccc2)CC1. The molecule has 4 rings (SSSR count). The van der Waals surface area contributed by atoms with Crippen LogP contribution in [0.3, 0.4) is 0 Å². The number of piperidine rings is 1. The molecule has 2 aliphatic heterocycles. The van der Waals surface area contributed by atoms with Gasteiger partial charge in [0.05, 0.1) is 0 Å². The Kier molecular flexibility index (Phi) is 6.34. The predicted molar refractivity (Wildman–Crippen MR) is 115 cm³/mol. The Hall–Kier alpha value is -1.74. The number of hydrogen-bond donors (Lipinski definition) is 0. The van der Waals surface area contributed by atoms with Crippen molar-refractivity contribution in [2.24, 2.45) is 0 Å². The summed E-state index contributed by atoms with van der Waals surface area (Å²) in [6, 6.07) is 11.9. The molecule has 3 heterocycles. The smallest absolute Gasteiger partial charge is 0.265 e. The Morgan fingerprint density at radius 2 is 1.59 bits per heavy atom. The number of carbonyl (C=O) groups excluding carboxylic acids is 1. The minimum atomic E-state index is -3.60. The molecule has 29 heavy (non-hydrogen) atoms. The summed E-state index contributed by atoms with van der Waals surface area (Å²) < 4.78 is 27.7. The molecule has 0 spiro atoms. The lowest BCUT2D eigenvalue weighted by atomic mass is 10.2. The first-order valence-electron chi connectivity index (χ1n) is 10.2. The lowest BCUT2D eigenvalue weighted by molar-refractivity contribution is 0.0629. The number of sulfonamides is 1. The maximum absolute atomic E-state index is 13.1. The van der Waals surface area contributed by atoms with Crippen LogP contribution in [0.5, 0.6) is 0 Å². The molecule has 0 bridgehead atoms. The van der Waals surface area contributed by atoms with Crippen molar-refractivity contribution in [2.75, 3.05) is 39.3 Å². The summed E-state index contributed by atoms with van der Waals surface area (Å²) in [6.07, 6.45) is 2.83. The van der Waals surface area contributed by atoms with E-state index in [0.29, 0.717) is 31.1 Å². The van der Waals surface area contributed by atoms with E-state index in [0.717, 1.165) is 38.9 Å². The average molecular weight is 434 g/mol. The van der Waals surface area contributed by atoms with Gasteiger partial charge in [-0.25, -0.2) is 8.42 Å². The van der Waals surface area contributed by atoms with E-state index in [2.05, 4.69) is 17.0 Å². The minimum Gasteiger partial charge on any atom is -0.335 e. The maximum Gasteiger partial charge on any atom is 0.265 e. The molecular formula is C21H27N3O3S2. The first-order valence-corrected chi connectivity index (χ1v) is 12.5. The molecule has 1 aromatic carbocycles. The summed E-state index contributed by atoms with van der Waals surface area (Å²) >= 11 is 1.23. The highest BCUT2D eigenvalue weighted by atomic mass is 32.2. The van der Waals surface area contributed by atoms with Crippen molar-refractivity contribution in [2.45, 2.75) is 30.7 Å². The molecule has 2 aliphatic rings. The molecule has 2 fully saturated rings. The van der Waals surface area contributed by atoms with Crippen LogP contribution in [0.1, 0.15) is 34.5 Å². The second-order valence-electron chi connectivity index (χ2n) is 7.63. The first-order chi connectivity index (χ1) is 14.1. The van der Waals surface area contributed by atoms with Gasteiger partial charge in [-0.2, -0.15) is 4.31 Å². The van der Waals surface area contributed by atoms with Crippen LogP contribution in [0.25, 0.3) is 0 Å². The zero-order chi connectivity index (χ0) is 20.3. The quantitative estimate of drug-likeness (QED) is 0.728. The highest BCUT2D eigenvalue weighted by Gasteiger charge is 2.33. The van der Waals surface area contributed by atoms with Crippen molar-refractivity contribution in [1.29, 1.82) is 0 Å². The first kappa shape index (κ1) is 20.5. The Balaban J connectivity index is 1.42. The van der Waals surface area contributed by atoms with Gasteiger partial charge >= 0.3 is 0 Å². The maximum atomic E-state index is 13.1. The predicted octanol–water partition coefficient (Wildman–Crippen LogP) is 2.88. The summed E-state index contributed by atoms with van der Waals surface area (Å²) in [5, 5.41) is 1.72. The number of thiophene rings is 1. The van der Waals surface area contributed by atoms with Crippen LogP contribution in [0.15, 0.2) is 46.7 Å². The zero-order valence-corrected chi connectivity index (χ0v) is 18.1. The van der Waals surface area contributed by atoms with Gasteiger partial charge in [0.25, 0.3) is 5.91 Å². The molecule has 0 saturated carbocycles. The van der Waals surface area contributed by atoms with E-state index in [9.17, 15) is 13.2 Å². The second kappa shape index (κ2) is 8.95. The van der Waals surface area contributed by atoms with Crippen molar-refractivity contribution in [3.05, 3.63) is 52.2 Å². The summed E-state index contributed by atoms with van der Waals surface area (Å²) in [5.74, 6) is -0.157. The molecule has 2 aromatic rings. The van der Waals surface area contributed by atoms with E-state index < -0.39 is 10.0 Å². The highest BCUT2D eigenvalue weighted by Crippen LogP contribution is 2.28. The highest BCUT2D eigenvalue weighted by molar-refractivity contribution is 7.89. The van der Waals surface area contributed by atoms with E-state index in [4.69, 9.17) is 0 Å². The lowest BCUT2D eigenvalue weighted by Crippen LogP contribution is -2.48. The van der Waals surface area contributed by atoms with Crippen LogP contribution in [0.4, 0.5) is 0 Å². The number of rotatable bonds is 5. The third-order valence-corrected chi connectivity index (χ3v) is 8.64. The van der Waals surface area contributed by atoms with Gasteiger partial charge in [-0.1, -0.05) is 36.8 Å². The third kappa shape index (κ3) is 4.55. The Morgan fingerprint density at radius 3 is 2.28 bits per heavy atom. The number of benzene rings is 1. The molecule has 0 unspecified atom stereocenters. The monoisotopic (exact) mass is 433 g/mol. The van der Waals surface area contributed by atoms with Gasteiger partial charge in [-0.05, 0) is 29.9 Å². The molecule has 1 amide bonds. The van der Waals surface area contributed by atoms with Gasteiger partial charge < -0.3 is 4.90 Å².